The molecule has 2 rings (SSSR count). The fraction of sp³-hybridized carbons (Fsp3) is 0.500. The van der Waals surface area contributed by atoms with Gasteiger partial charge in [0, 0.05) is 24.7 Å². The fourth-order valence-corrected chi connectivity index (χ4v) is 2.05. The van der Waals surface area contributed by atoms with Gasteiger partial charge < -0.3 is 16.0 Å². The van der Waals surface area contributed by atoms with E-state index in [1.165, 1.54) is 6.42 Å². The Morgan fingerprint density at radius 3 is 2.62 bits per heavy atom. The molecule has 1 amide bonds. The lowest BCUT2D eigenvalue weighted by atomic mass is 10.2. The average Bonchev–Trinajstić information content (AvgIpc) is 3.19. The van der Waals surface area contributed by atoms with Gasteiger partial charge in [-0.15, -0.1) is 0 Å². The quantitative estimate of drug-likeness (QED) is 0.421. The van der Waals surface area contributed by atoms with Gasteiger partial charge in [0.15, 0.2) is 5.96 Å². The fourth-order valence-electron chi connectivity index (χ4n) is 2.05. The molecule has 0 radical (unpaired) electrons. The summed E-state index contributed by atoms with van der Waals surface area (Å²) in [5.41, 5.74) is 0.679. The van der Waals surface area contributed by atoms with Gasteiger partial charge in [0.1, 0.15) is 0 Å². The SMILES string of the molecule is CCNC(=NCCNC(=O)c1ccccc1)NC1CC1C. The van der Waals surface area contributed by atoms with Crippen LogP contribution in [0.3, 0.4) is 0 Å². The molecule has 0 heterocycles. The number of carbonyl (C=O) groups is 1. The Morgan fingerprint density at radius 2 is 2.00 bits per heavy atom. The maximum absolute atomic E-state index is 11.9. The Balaban J connectivity index is 1.73. The van der Waals surface area contributed by atoms with E-state index in [4.69, 9.17) is 0 Å². The summed E-state index contributed by atoms with van der Waals surface area (Å²) in [6.45, 7) is 6.20. The van der Waals surface area contributed by atoms with Crippen molar-refractivity contribution in [2.45, 2.75) is 26.3 Å². The van der Waals surface area contributed by atoms with Gasteiger partial charge in [0.25, 0.3) is 5.91 Å². The Bertz CT molecular complexity index is 486. The van der Waals surface area contributed by atoms with E-state index in [0.717, 1.165) is 18.4 Å². The first-order valence-electron chi connectivity index (χ1n) is 7.58. The summed E-state index contributed by atoms with van der Waals surface area (Å²) in [5.74, 6) is 1.51. The van der Waals surface area contributed by atoms with E-state index in [0.29, 0.717) is 24.7 Å². The van der Waals surface area contributed by atoms with Crippen LogP contribution in [0.1, 0.15) is 30.6 Å². The van der Waals surface area contributed by atoms with E-state index in [1.807, 2.05) is 25.1 Å². The largest absolute Gasteiger partial charge is 0.357 e. The van der Waals surface area contributed by atoms with Crippen LogP contribution in [0, 0.1) is 5.92 Å². The maximum atomic E-state index is 11.9. The molecule has 1 saturated carbocycles. The van der Waals surface area contributed by atoms with Crippen LogP contribution in [-0.4, -0.2) is 37.5 Å². The first-order valence-corrected chi connectivity index (χ1v) is 7.58. The Labute approximate surface area is 126 Å². The minimum Gasteiger partial charge on any atom is -0.357 e. The van der Waals surface area contributed by atoms with Crippen LogP contribution >= 0.6 is 0 Å². The topological polar surface area (TPSA) is 65.5 Å². The number of aliphatic imine (C=N–C) groups is 1. The molecule has 2 unspecified atom stereocenters. The third kappa shape index (κ3) is 5.10. The standard InChI is InChI=1S/C16H24N4O/c1-3-17-16(20-14-11-12(14)2)19-10-9-18-15(21)13-7-5-4-6-8-13/h4-8,12,14H,3,9-11H2,1-2H3,(H,18,21)(H2,17,19,20). The van der Waals surface area contributed by atoms with Gasteiger partial charge in [-0.05, 0) is 31.4 Å². The second-order valence-electron chi connectivity index (χ2n) is 5.35. The molecule has 1 aromatic rings. The van der Waals surface area contributed by atoms with Gasteiger partial charge in [0.2, 0.25) is 0 Å². The zero-order chi connectivity index (χ0) is 15.1. The molecule has 2 atom stereocenters. The Hall–Kier alpha value is -2.04. The van der Waals surface area contributed by atoms with Crippen molar-refractivity contribution in [2.24, 2.45) is 10.9 Å². The molecule has 0 aliphatic heterocycles. The number of amides is 1. The second kappa shape index (κ2) is 7.67. The molecule has 1 fully saturated rings. The van der Waals surface area contributed by atoms with Crippen LogP contribution in [0.25, 0.3) is 0 Å². The van der Waals surface area contributed by atoms with Gasteiger partial charge in [-0.2, -0.15) is 0 Å². The summed E-state index contributed by atoms with van der Waals surface area (Å²) < 4.78 is 0. The summed E-state index contributed by atoms with van der Waals surface area (Å²) in [6.07, 6.45) is 1.20. The summed E-state index contributed by atoms with van der Waals surface area (Å²) in [6, 6.07) is 9.77. The molecular formula is C16H24N4O. The first-order chi connectivity index (χ1) is 10.2. The molecule has 114 valence electrons. The van der Waals surface area contributed by atoms with Gasteiger partial charge in [-0.3, -0.25) is 9.79 Å². The molecule has 1 aromatic carbocycles. The monoisotopic (exact) mass is 288 g/mol. The van der Waals surface area contributed by atoms with Crippen molar-refractivity contribution in [2.75, 3.05) is 19.6 Å². The second-order valence-corrected chi connectivity index (χ2v) is 5.35. The van der Waals surface area contributed by atoms with Crippen molar-refractivity contribution >= 4 is 11.9 Å². The molecule has 0 saturated heterocycles. The molecule has 3 N–H and O–H groups in total. The number of carbonyl (C=O) groups excluding carboxylic acids is 1. The van der Waals surface area contributed by atoms with Gasteiger partial charge >= 0.3 is 0 Å². The molecular weight excluding hydrogens is 264 g/mol. The average molecular weight is 288 g/mol. The number of guanidine groups is 1. The molecule has 1 aliphatic rings. The third-order valence-electron chi connectivity index (χ3n) is 3.48. The lowest BCUT2D eigenvalue weighted by molar-refractivity contribution is 0.0955. The summed E-state index contributed by atoms with van der Waals surface area (Å²) in [4.78, 5) is 16.3. The van der Waals surface area contributed by atoms with Crippen LogP contribution in [0.15, 0.2) is 35.3 Å². The minimum atomic E-state index is -0.0559. The van der Waals surface area contributed by atoms with Crippen LogP contribution in [0.2, 0.25) is 0 Å². The lowest BCUT2D eigenvalue weighted by Crippen LogP contribution is -2.39. The molecule has 5 nitrogen and oxygen atoms in total. The zero-order valence-corrected chi connectivity index (χ0v) is 12.7. The van der Waals surface area contributed by atoms with Crippen molar-refractivity contribution in [1.29, 1.82) is 0 Å². The lowest BCUT2D eigenvalue weighted by Gasteiger charge is -2.11. The Kier molecular flexibility index (Phi) is 5.60. The van der Waals surface area contributed by atoms with Crippen molar-refractivity contribution in [1.82, 2.24) is 16.0 Å². The highest BCUT2D eigenvalue weighted by atomic mass is 16.1. The smallest absolute Gasteiger partial charge is 0.251 e. The number of nitrogens with zero attached hydrogens (tertiary/aromatic N) is 1. The maximum Gasteiger partial charge on any atom is 0.251 e. The van der Waals surface area contributed by atoms with Crippen molar-refractivity contribution in [3.8, 4) is 0 Å². The highest BCUT2D eigenvalue weighted by Crippen LogP contribution is 2.28. The number of benzene rings is 1. The van der Waals surface area contributed by atoms with Gasteiger partial charge in [-0.25, -0.2) is 0 Å². The van der Waals surface area contributed by atoms with Crippen LogP contribution in [0.4, 0.5) is 0 Å². The van der Waals surface area contributed by atoms with Crippen molar-refractivity contribution in [3.63, 3.8) is 0 Å². The summed E-state index contributed by atoms with van der Waals surface area (Å²) in [7, 11) is 0. The molecule has 0 spiro atoms. The molecule has 21 heavy (non-hydrogen) atoms. The van der Waals surface area contributed by atoms with E-state index >= 15 is 0 Å². The number of nitrogens with one attached hydrogen (secondary N) is 3. The van der Waals surface area contributed by atoms with E-state index in [2.05, 4.69) is 27.9 Å². The number of rotatable bonds is 6. The van der Waals surface area contributed by atoms with Crippen LogP contribution in [0.5, 0.6) is 0 Å². The summed E-state index contributed by atoms with van der Waals surface area (Å²) in [5, 5.41) is 9.48. The van der Waals surface area contributed by atoms with Gasteiger partial charge in [0.05, 0.1) is 6.54 Å². The Morgan fingerprint density at radius 1 is 1.29 bits per heavy atom. The van der Waals surface area contributed by atoms with E-state index in [-0.39, 0.29) is 5.91 Å². The van der Waals surface area contributed by atoms with Crippen molar-refractivity contribution in [3.05, 3.63) is 35.9 Å². The summed E-state index contributed by atoms with van der Waals surface area (Å²) >= 11 is 0. The predicted octanol–water partition coefficient (Wildman–Crippen LogP) is 1.38. The molecule has 5 heteroatoms. The first kappa shape index (κ1) is 15.4. The van der Waals surface area contributed by atoms with Crippen molar-refractivity contribution < 1.29 is 4.79 Å². The van der Waals surface area contributed by atoms with E-state index in [1.54, 1.807) is 12.1 Å². The minimum absolute atomic E-state index is 0.0559. The van der Waals surface area contributed by atoms with Gasteiger partial charge in [-0.1, -0.05) is 25.1 Å². The highest BCUT2D eigenvalue weighted by molar-refractivity contribution is 5.94. The zero-order valence-electron chi connectivity index (χ0n) is 12.7. The number of hydrogen-bond donors (Lipinski definition) is 3. The normalized spacial score (nSPS) is 20.8. The number of hydrogen-bond acceptors (Lipinski definition) is 2. The molecule has 1 aliphatic carbocycles. The van der Waals surface area contributed by atoms with E-state index < -0.39 is 0 Å². The van der Waals surface area contributed by atoms with E-state index in [9.17, 15) is 4.79 Å². The predicted molar refractivity (Wildman–Crippen MR) is 85.5 cm³/mol. The van der Waals surface area contributed by atoms with Crippen LogP contribution in [-0.2, 0) is 0 Å². The molecule has 0 bridgehead atoms. The molecule has 0 aromatic heterocycles. The highest BCUT2D eigenvalue weighted by Gasteiger charge is 2.33. The third-order valence-corrected chi connectivity index (χ3v) is 3.48. The van der Waals surface area contributed by atoms with Crippen LogP contribution < -0.4 is 16.0 Å².